The summed E-state index contributed by atoms with van der Waals surface area (Å²) in [6, 6.07) is 19.8. The maximum Gasteiger partial charge on any atom is 0.422 e. The van der Waals surface area contributed by atoms with Crippen molar-refractivity contribution < 1.29 is 37.5 Å². The molecule has 9 nitrogen and oxygen atoms in total. The molecule has 1 saturated heterocycles. The summed E-state index contributed by atoms with van der Waals surface area (Å²) in [5, 5.41) is 23.1. The maximum absolute atomic E-state index is 14.8. The minimum atomic E-state index is -5.03. The lowest BCUT2D eigenvalue weighted by molar-refractivity contribution is -0.384. The van der Waals surface area contributed by atoms with E-state index in [1.807, 2.05) is 18.2 Å². The van der Waals surface area contributed by atoms with Crippen molar-refractivity contribution in [3.63, 3.8) is 0 Å². The number of β-amino-alcohol motifs (C(OH)–C–C–N with tert-alkyl or cyclic N) is 1. The summed E-state index contributed by atoms with van der Waals surface area (Å²) in [4.78, 5) is 24.6. The van der Waals surface area contributed by atoms with Crippen LogP contribution in [-0.4, -0.2) is 64.5 Å². The van der Waals surface area contributed by atoms with Crippen LogP contribution in [-0.2, 0) is 27.1 Å². The van der Waals surface area contributed by atoms with Gasteiger partial charge in [0.05, 0.1) is 23.0 Å². The van der Waals surface area contributed by atoms with E-state index >= 15 is 0 Å². The minimum absolute atomic E-state index is 0.0957. The molecule has 2 heterocycles. The number of ether oxygens (including phenoxy) is 2. The molecule has 1 aliphatic rings. The van der Waals surface area contributed by atoms with Crippen LogP contribution in [0.4, 0.5) is 18.9 Å². The number of benzene rings is 3. The van der Waals surface area contributed by atoms with Crippen LogP contribution in [0.25, 0.3) is 10.9 Å². The van der Waals surface area contributed by atoms with Crippen molar-refractivity contribution in [2.75, 3.05) is 26.7 Å². The van der Waals surface area contributed by atoms with Gasteiger partial charge in [-0.05, 0) is 56.0 Å². The number of aromatic nitrogens is 1. The van der Waals surface area contributed by atoms with Gasteiger partial charge in [0, 0.05) is 55.5 Å². The highest BCUT2D eigenvalue weighted by molar-refractivity contribution is 5.87. The van der Waals surface area contributed by atoms with Crippen molar-refractivity contribution in [3.05, 3.63) is 106 Å². The van der Waals surface area contributed by atoms with Gasteiger partial charge in [0.15, 0.2) is 0 Å². The normalized spacial score (nSPS) is 16.2. The Morgan fingerprint density at radius 3 is 2.26 bits per heavy atom. The second-order valence-electron chi connectivity index (χ2n) is 12.2. The van der Waals surface area contributed by atoms with E-state index in [2.05, 4.69) is 0 Å². The number of likely N-dealkylation sites (tertiary alicyclic amines) is 1. The lowest BCUT2D eigenvalue weighted by Gasteiger charge is -2.39. The molecule has 1 aliphatic heterocycles. The van der Waals surface area contributed by atoms with Crippen LogP contribution in [0.3, 0.4) is 0 Å². The number of carbonyl (C=O) groups is 1. The fourth-order valence-electron chi connectivity index (χ4n) is 5.99. The first kappa shape index (κ1) is 33.0. The summed E-state index contributed by atoms with van der Waals surface area (Å²) < 4.78 is 57.0. The summed E-state index contributed by atoms with van der Waals surface area (Å²) in [7, 11) is 1.34. The van der Waals surface area contributed by atoms with Gasteiger partial charge >= 0.3 is 12.1 Å². The molecule has 1 unspecified atom stereocenters. The highest BCUT2D eigenvalue weighted by Crippen LogP contribution is 2.44. The number of nitro groups is 1. The molecule has 0 saturated carbocycles. The van der Waals surface area contributed by atoms with E-state index in [0.717, 1.165) is 17.2 Å². The molecule has 0 spiro atoms. The zero-order valence-electron chi connectivity index (χ0n) is 25.8. The number of fused-ring (bicyclic) bond motifs is 1. The molecule has 5 rings (SSSR count). The van der Waals surface area contributed by atoms with Gasteiger partial charge in [-0.25, -0.2) is 0 Å². The van der Waals surface area contributed by atoms with Crippen molar-refractivity contribution in [1.82, 2.24) is 9.47 Å². The number of nitro benzene ring substituents is 1. The van der Waals surface area contributed by atoms with Crippen molar-refractivity contribution in [2.45, 2.75) is 56.5 Å². The summed E-state index contributed by atoms with van der Waals surface area (Å²) in [6.07, 6.45) is -3.15. The SMILES string of the molecule is COC(=O)C(C)(C)c1ccc(OC2CCN(CC(O)(c3cn(Cc4ccccc4)c4cc([N+](=O)[O-])ccc34)C(F)(F)F)CC2)cc1. The Morgan fingerprint density at radius 1 is 1.02 bits per heavy atom. The third kappa shape index (κ3) is 6.59. The fraction of sp³-hybridized carbons (Fsp3) is 0.382. The quantitative estimate of drug-likeness (QED) is 0.123. The predicted octanol–water partition coefficient (Wildman–Crippen LogP) is 6.34. The molecule has 1 aromatic heterocycles. The molecular formula is C34H36F3N3O6. The van der Waals surface area contributed by atoms with E-state index in [0.29, 0.717) is 18.6 Å². The van der Waals surface area contributed by atoms with Crippen LogP contribution >= 0.6 is 0 Å². The summed E-state index contributed by atoms with van der Waals surface area (Å²) >= 11 is 0. The van der Waals surface area contributed by atoms with E-state index in [4.69, 9.17) is 9.47 Å². The smallest absolute Gasteiger partial charge is 0.422 e. The largest absolute Gasteiger partial charge is 0.490 e. The number of hydrogen-bond acceptors (Lipinski definition) is 7. The zero-order valence-corrected chi connectivity index (χ0v) is 25.8. The molecule has 0 bridgehead atoms. The Bertz CT molecular complexity index is 1700. The molecule has 0 radical (unpaired) electrons. The number of hydrogen-bond donors (Lipinski definition) is 1. The van der Waals surface area contributed by atoms with Crippen LogP contribution in [0.2, 0.25) is 0 Å². The monoisotopic (exact) mass is 639 g/mol. The van der Waals surface area contributed by atoms with Gasteiger partial charge in [-0.2, -0.15) is 13.2 Å². The van der Waals surface area contributed by atoms with E-state index in [1.54, 1.807) is 55.1 Å². The molecule has 1 atom stereocenters. The van der Waals surface area contributed by atoms with Crippen molar-refractivity contribution in [3.8, 4) is 5.75 Å². The molecular weight excluding hydrogens is 603 g/mol. The maximum atomic E-state index is 14.8. The number of alkyl halides is 3. The number of esters is 1. The number of piperidine rings is 1. The van der Waals surface area contributed by atoms with Crippen LogP contribution in [0, 0.1) is 10.1 Å². The molecule has 1 N–H and O–H groups in total. The van der Waals surface area contributed by atoms with Crippen LogP contribution in [0.1, 0.15) is 43.4 Å². The van der Waals surface area contributed by atoms with Gasteiger partial charge in [-0.15, -0.1) is 0 Å². The predicted molar refractivity (Wildman–Crippen MR) is 166 cm³/mol. The van der Waals surface area contributed by atoms with Gasteiger partial charge in [0.2, 0.25) is 5.60 Å². The van der Waals surface area contributed by atoms with Crippen LogP contribution in [0.15, 0.2) is 79.0 Å². The number of non-ortho nitro benzene ring substituents is 1. The first-order valence-corrected chi connectivity index (χ1v) is 14.9. The number of aliphatic hydroxyl groups is 1. The zero-order chi connectivity index (χ0) is 33.3. The van der Waals surface area contributed by atoms with Gasteiger partial charge < -0.3 is 19.1 Å². The first-order valence-electron chi connectivity index (χ1n) is 14.9. The first-order chi connectivity index (χ1) is 21.7. The topological polar surface area (TPSA) is 107 Å². The van der Waals surface area contributed by atoms with Crippen LogP contribution in [0.5, 0.6) is 5.75 Å². The number of carbonyl (C=O) groups excluding carboxylic acids is 1. The fourth-order valence-corrected chi connectivity index (χ4v) is 5.99. The Labute approximate surface area is 264 Å². The number of rotatable bonds is 10. The Hall–Kier alpha value is -4.42. The molecule has 12 heteroatoms. The Morgan fingerprint density at radius 2 is 1.67 bits per heavy atom. The van der Waals surface area contributed by atoms with Crippen LogP contribution < -0.4 is 4.74 Å². The average molecular weight is 640 g/mol. The molecule has 4 aromatic rings. The Kier molecular flexibility index (Phi) is 9.14. The molecule has 46 heavy (non-hydrogen) atoms. The second kappa shape index (κ2) is 12.8. The molecule has 3 aromatic carbocycles. The highest BCUT2D eigenvalue weighted by atomic mass is 19.4. The van der Waals surface area contributed by atoms with Gasteiger partial charge in [0.25, 0.3) is 5.69 Å². The summed E-state index contributed by atoms with van der Waals surface area (Å²) in [6.45, 7) is 3.49. The number of methoxy groups -OCH3 is 1. The van der Waals surface area contributed by atoms with Gasteiger partial charge in [-0.3, -0.25) is 19.8 Å². The third-order valence-corrected chi connectivity index (χ3v) is 8.75. The van der Waals surface area contributed by atoms with Crippen molar-refractivity contribution in [1.29, 1.82) is 0 Å². The summed E-state index contributed by atoms with van der Waals surface area (Å²) in [5.74, 6) is 0.212. The Balaban J connectivity index is 1.34. The average Bonchev–Trinajstić information content (AvgIpc) is 3.39. The second-order valence-corrected chi connectivity index (χ2v) is 12.2. The molecule has 0 aliphatic carbocycles. The lowest BCUT2D eigenvalue weighted by Crippen LogP contribution is -2.53. The number of halogens is 3. The summed E-state index contributed by atoms with van der Waals surface area (Å²) in [5.41, 5.74) is -2.91. The molecule has 0 amide bonds. The van der Waals surface area contributed by atoms with E-state index in [-0.39, 0.29) is 53.9 Å². The van der Waals surface area contributed by atoms with Gasteiger partial charge in [0.1, 0.15) is 11.9 Å². The lowest BCUT2D eigenvalue weighted by atomic mass is 9.85. The minimum Gasteiger partial charge on any atom is -0.490 e. The molecule has 244 valence electrons. The van der Waals surface area contributed by atoms with E-state index in [1.165, 1.54) is 30.0 Å². The van der Waals surface area contributed by atoms with Crippen molar-refractivity contribution in [2.24, 2.45) is 0 Å². The molecule has 1 fully saturated rings. The van der Waals surface area contributed by atoms with E-state index < -0.39 is 28.7 Å². The number of nitrogens with zero attached hydrogens (tertiary/aromatic N) is 3. The van der Waals surface area contributed by atoms with E-state index in [9.17, 15) is 33.2 Å². The van der Waals surface area contributed by atoms with Gasteiger partial charge in [-0.1, -0.05) is 42.5 Å². The standard InChI is InChI=1S/C34H36F3N3O6/c1-32(2,31(41)45-3)24-9-12-26(13-10-24)46-27-15-17-38(18-16-27)22-33(42,34(35,36)37)29-21-39(20-23-7-5-4-6-8-23)30-19-25(40(43)44)11-14-28(29)30/h4-14,19,21,27,42H,15-18,20,22H2,1-3H3. The highest BCUT2D eigenvalue weighted by Gasteiger charge is 2.57. The van der Waals surface area contributed by atoms with Crippen molar-refractivity contribution >= 4 is 22.6 Å². The third-order valence-electron chi connectivity index (χ3n) is 8.75.